The Morgan fingerprint density at radius 1 is 1.09 bits per heavy atom. The third kappa shape index (κ3) is 4.96. The molecule has 1 N–H and O–H groups in total. The van der Waals surface area contributed by atoms with Gasteiger partial charge in [0.25, 0.3) is 0 Å². The van der Waals surface area contributed by atoms with Crippen molar-refractivity contribution in [3.05, 3.63) is 48.7 Å². The Balaban J connectivity index is 2.12. The van der Waals surface area contributed by atoms with Crippen LogP contribution in [0.15, 0.2) is 48.7 Å². The molecule has 0 spiro atoms. The van der Waals surface area contributed by atoms with Crippen LogP contribution < -0.4 is 9.62 Å². The number of sulfonamides is 1. The number of anilines is 3. The maximum Gasteiger partial charge on any atom is 0.232 e. The molecule has 2 rings (SSSR count). The molecule has 1 aromatic carbocycles. The van der Waals surface area contributed by atoms with Gasteiger partial charge in [-0.1, -0.05) is 31.5 Å². The number of para-hydroxylation sites is 1. The lowest BCUT2D eigenvalue weighted by molar-refractivity contribution is 0.598. The first-order chi connectivity index (χ1) is 11.1. The van der Waals surface area contributed by atoms with E-state index in [-0.39, 0.29) is 5.75 Å². The predicted molar refractivity (Wildman–Crippen MR) is 95.7 cm³/mol. The molecule has 0 fully saturated rings. The minimum absolute atomic E-state index is 0.135. The van der Waals surface area contributed by atoms with Crippen molar-refractivity contribution in [1.29, 1.82) is 0 Å². The molecule has 0 atom stereocenters. The molecule has 23 heavy (non-hydrogen) atoms. The fourth-order valence-electron chi connectivity index (χ4n) is 2.26. The van der Waals surface area contributed by atoms with E-state index in [0.717, 1.165) is 24.5 Å². The van der Waals surface area contributed by atoms with Crippen LogP contribution in [-0.2, 0) is 10.0 Å². The normalized spacial score (nSPS) is 11.2. The highest BCUT2D eigenvalue weighted by atomic mass is 32.2. The van der Waals surface area contributed by atoms with Gasteiger partial charge in [-0.3, -0.25) is 4.72 Å². The Kier molecular flexibility index (Phi) is 5.98. The highest BCUT2D eigenvalue weighted by molar-refractivity contribution is 7.92. The van der Waals surface area contributed by atoms with Gasteiger partial charge in [0.1, 0.15) is 5.82 Å². The summed E-state index contributed by atoms with van der Waals surface area (Å²) in [5.41, 5.74) is 1.55. The van der Waals surface area contributed by atoms with Crippen LogP contribution in [0.5, 0.6) is 0 Å². The summed E-state index contributed by atoms with van der Waals surface area (Å²) in [5.74, 6) is 0.922. The van der Waals surface area contributed by atoms with E-state index in [2.05, 4.69) is 21.5 Å². The molecule has 5 nitrogen and oxygen atoms in total. The molecule has 0 aliphatic rings. The quantitative estimate of drug-likeness (QED) is 0.798. The van der Waals surface area contributed by atoms with Crippen molar-refractivity contribution >= 4 is 27.2 Å². The summed E-state index contributed by atoms with van der Waals surface area (Å²) in [7, 11) is -3.29. The Morgan fingerprint density at radius 3 is 2.39 bits per heavy atom. The van der Waals surface area contributed by atoms with Crippen molar-refractivity contribution in [2.24, 2.45) is 0 Å². The van der Waals surface area contributed by atoms with Gasteiger partial charge < -0.3 is 4.90 Å². The van der Waals surface area contributed by atoms with E-state index >= 15 is 0 Å². The van der Waals surface area contributed by atoms with Gasteiger partial charge in [-0.25, -0.2) is 13.4 Å². The van der Waals surface area contributed by atoms with Gasteiger partial charge in [0, 0.05) is 12.2 Å². The first-order valence-corrected chi connectivity index (χ1v) is 9.50. The smallest absolute Gasteiger partial charge is 0.232 e. The number of unbranched alkanes of at least 4 members (excludes halogenated alkanes) is 1. The molecular formula is C17H23N3O2S. The highest BCUT2D eigenvalue weighted by Gasteiger charge is 2.11. The van der Waals surface area contributed by atoms with Crippen molar-refractivity contribution in [3.8, 4) is 0 Å². The minimum Gasteiger partial charge on any atom is -0.327 e. The number of benzene rings is 1. The molecule has 0 radical (unpaired) electrons. The number of pyridine rings is 1. The molecule has 0 aliphatic heterocycles. The molecule has 0 unspecified atom stereocenters. The number of aromatic nitrogens is 1. The topological polar surface area (TPSA) is 62.3 Å². The lowest BCUT2D eigenvalue weighted by atomic mass is 10.3. The highest BCUT2D eigenvalue weighted by Crippen LogP contribution is 2.23. The van der Waals surface area contributed by atoms with E-state index in [1.807, 2.05) is 43.3 Å². The zero-order chi connectivity index (χ0) is 16.7. The monoisotopic (exact) mass is 333 g/mol. The van der Waals surface area contributed by atoms with Crippen LogP contribution in [0.3, 0.4) is 0 Å². The Labute approximate surface area is 138 Å². The van der Waals surface area contributed by atoms with Gasteiger partial charge in [-0.2, -0.15) is 0 Å². The fraction of sp³-hybridized carbons (Fsp3) is 0.353. The summed E-state index contributed by atoms with van der Waals surface area (Å²) >= 11 is 0. The van der Waals surface area contributed by atoms with Gasteiger partial charge in [-0.05, 0) is 37.6 Å². The zero-order valence-corrected chi connectivity index (χ0v) is 14.4. The molecule has 0 saturated carbocycles. The Bertz CT molecular complexity index is 700. The molecule has 0 saturated heterocycles. The first-order valence-electron chi connectivity index (χ1n) is 7.85. The van der Waals surface area contributed by atoms with Crippen LogP contribution in [0.1, 0.15) is 26.7 Å². The lowest BCUT2D eigenvalue weighted by Gasteiger charge is -2.22. The number of nitrogens with zero attached hydrogens (tertiary/aromatic N) is 2. The van der Waals surface area contributed by atoms with E-state index < -0.39 is 10.0 Å². The van der Waals surface area contributed by atoms with Gasteiger partial charge in [0.15, 0.2) is 0 Å². The largest absolute Gasteiger partial charge is 0.327 e. The standard InChI is InChI=1S/C17H23N3O2S/c1-3-5-13-23(21,22)19-15-11-12-17(18-14-15)20(4-2)16-9-7-6-8-10-16/h6-12,14,19H,3-5,13H2,1-2H3. The van der Waals surface area contributed by atoms with Crippen LogP contribution in [0, 0.1) is 0 Å². The molecule has 0 amide bonds. The van der Waals surface area contributed by atoms with Crippen LogP contribution >= 0.6 is 0 Å². The van der Waals surface area contributed by atoms with Crippen molar-refractivity contribution in [1.82, 2.24) is 4.98 Å². The molecule has 1 heterocycles. The zero-order valence-electron chi connectivity index (χ0n) is 13.6. The first kappa shape index (κ1) is 17.3. The van der Waals surface area contributed by atoms with Crippen molar-refractivity contribution in [2.75, 3.05) is 21.9 Å². The van der Waals surface area contributed by atoms with Crippen LogP contribution in [-0.4, -0.2) is 25.7 Å². The maximum absolute atomic E-state index is 11.9. The molecule has 1 aromatic heterocycles. The van der Waals surface area contributed by atoms with E-state index in [0.29, 0.717) is 12.1 Å². The maximum atomic E-state index is 11.9. The second-order valence-electron chi connectivity index (χ2n) is 5.26. The van der Waals surface area contributed by atoms with Crippen LogP contribution in [0.2, 0.25) is 0 Å². The van der Waals surface area contributed by atoms with Crippen molar-refractivity contribution in [3.63, 3.8) is 0 Å². The number of hydrogen-bond donors (Lipinski definition) is 1. The Hall–Kier alpha value is -2.08. The number of rotatable bonds is 8. The lowest BCUT2D eigenvalue weighted by Crippen LogP contribution is -2.18. The van der Waals surface area contributed by atoms with E-state index in [1.54, 1.807) is 12.3 Å². The molecule has 2 aromatic rings. The van der Waals surface area contributed by atoms with E-state index in [1.165, 1.54) is 0 Å². The van der Waals surface area contributed by atoms with Gasteiger partial charge in [0.05, 0.1) is 17.6 Å². The summed E-state index contributed by atoms with van der Waals surface area (Å²) in [6, 6.07) is 13.5. The average Bonchev–Trinajstić information content (AvgIpc) is 2.56. The number of nitrogens with one attached hydrogen (secondary N) is 1. The average molecular weight is 333 g/mol. The Morgan fingerprint density at radius 2 is 1.83 bits per heavy atom. The molecule has 0 aliphatic carbocycles. The van der Waals surface area contributed by atoms with Crippen LogP contribution in [0.4, 0.5) is 17.2 Å². The number of hydrogen-bond acceptors (Lipinski definition) is 4. The van der Waals surface area contributed by atoms with Crippen LogP contribution in [0.25, 0.3) is 0 Å². The minimum atomic E-state index is -3.29. The SMILES string of the molecule is CCCCS(=O)(=O)Nc1ccc(N(CC)c2ccccc2)nc1. The summed E-state index contributed by atoms with van der Waals surface area (Å²) in [6.45, 7) is 4.80. The predicted octanol–water partition coefficient (Wildman–Crippen LogP) is 3.78. The second kappa shape index (κ2) is 7.97. The molecule has 0 bridgehead atoms. The third-order valence-corrected chi connectivity index (χ3v) is 4.82. The third-order valence-electron chi connectivity index (χ3n) is 3.45. The molecular weight excluding hydrogens is 310 g/mol. The van der Waals surface area contributed by atoms with E-state index in [4.69, 9.17) is 0 Å². The fourth-order valence-corrected chi connectivity index (χ4v) is 3.51. The van der Waals surface area contributed by atoms with E-state index in [9.17, 15) is 8.42 Å². The molecule has 124 valence electrons. The van der Waals surface area contributed by atoms with Crippen molar-refractivity contribution in [2.45, 2.75) is 26.7 Å². The summed E-state index contributed by atoms with van der Waals surface area (Å²) < 4.78 is 26.4. The van der Waals surface area contributed by atoms with Gasteiger partial charge in [-0.15, -0.1) is 0 Å². The summed E-state index contributed by atoms with van der Waals surface area (Å²) in [5, 5.41) is 0. The molecule has 6 heteroatoms. The summed E-state index contributed by atoms with van der Waals surface area (Å²) in [4.78, 5) is 6.45. The summed E-state index contributed by atoms with van der Waals surface area (Å²) in [6.07, 6.45) is 3.06. The van der Waals surface area contributed by atoms with Gasteiger partial charge >= 0.3 is 0 Å². The second-order valence-corrected chi connectivity index (χ2v) is 7.10. The van der Waals surface area contributed by atoms with Crippen molar-refractivity contribution < 1.29 is 8.42 Å². The van der Waals surface area contributed by atoms with Gasteiger partial charge in [0.2, 0.25) is 10.0 Å².